The fourth-order valence-electron chi connectivity index (χ4n) is 4.61. The van der Waals surface area contributed by atoms with Gasteiger partial charge < -0.3 is 9.80 Å². The van der Waals surface area contributed by atoms with E-state index in [0.29, 0.717) is 52.2 Å². The molecule has 35 heavy (non-hydrogen) atoms. The number of hydrogen-bond donors (Lipinski definition) is 0. The van der Waals surface area contributed by atoms with Crippen LogP contribution in [0, 0.1) is 0 Å². The van der Waals surface area contributed by atoms with Crippen molar-refractivity contribution in [1.82, 2.24) is 14.5 Å². The Balaban J connectivity index is 1.77. The molecule has 3 aromatic rings. The minimum Gasteiger partial charge on any atom is -0.352 e. The molecule has 0 N–H and O–H groups in total. The standard InChI is InChI=1S/C23H20ClF3N4O2S2/c1-3-17(32)29-4-6-30(7-5-29)21-14-9-15(23(25,26)27)18(16-8-13(24)11-34-16)20-19(14)31(22(33)28-21)12(2)10-35-20/h3,8-9,11-12H,1,4-7,10H2,2H3. The molecule has 5 rings (SSSR count). The first-order chi connectivity index (χ1) is 16.6. The maximum absolute atomic E-state index is 14.4. The van der Waals surface area contributed by atoms with E-state index in [1.165, 1.54) is 28.5 Å². The third-order valence-corrected chi connectivity index (χ3v) is 8.87. The van der Waals surface area contributed by atoms with Crippen molar-refractivity contribution in [2.45, 2.75) is 24.0 Å². The van der Waals surface area contributed by atoms with Crippen LogP contribution in [0.25, 0.3) is 21.3 Å². The van der Waals surface area contributed by atoms with Gasteiger partial charge in [0.2, 0.25) is 5.91 Å². The molecule has 1 aromatic carbocycles. The summed E-state index contributed by atoms with van der Waals surface area (Å²) >= 11 is 8.53. The molecule has 4 heterocycles. The highest BCUT2D eigenvalue weighted by molar-refractivity contribution is 7.99. The fourth-order valence-corrected chi connectivity index (χ4v) is 7.08. The lowest BCUT2D eigenvalue weighted by molar-refractivity contribution is -0.137. The van der Waals surface area contributed by atoms with Crippen LogP contribution in [0.2, 0.25) is 5.02 Å². The summed E-state index contributed by atoms with van der Waals surface area (Å²) in [5.74, 6) is 0.446. The van der Waals surface area contributed by atoms with Gasteiger partial charge in [0.15, 0.2) is 0 Å². The molecule has 2 aromatic heterocycles. The number of benzene rings is 1. The van der Waals surface area contributed by atoms with Crippen molar-refractivity contribution >= 4 is 57.3 Å². The third kappa shape index (κ3) is 4.13. The van der Waals surface area contributed by atoms with E-state index in [2.05, 4.69) is 11.6 Å². The Morgan fingerprint density at radius 1 is 1.26 bits per heavy atom. The number of anilines is 1. The predicted octanol–water partition coefficient (Wildman–Crippen LogP) is 5.30. The molecule has 1 fully saturated rings. The number of thiophene rings is 1. The van der Waals surface area contributed by atoms with Crippen molar-refractivity contribution in [1.29, 1.82) is 0 Å². The summed E-state index contributed by atoms with van der Waals surface area (Å²) in [6.07, 6.45) is -3.40. The van der Waals surface area contributed by atoms with Gasteiger partial charge in [-0.3, -0.25) is 9.36 Å². The minimum absolute atomic E-state index is 0.0468. The molecular weight excluding hydrogens is 521 g/mol. The van der Waals surface area contributed by atoms with Crippen LogP contribution in [0.3, 0.4) is 0 Å². The molecule has 1 atom stereocenters. The van der Waals surface area contributed by atoms with Gasteiger partial charge in [0.05, 0.1) is 16.1 Å². The van der Waals surface area contributed by atoms with Gasteiger partial charge in [-0.1, -0.05) is 18.2 Å². The molecule has 12 heteroatoms. The average Bonchev–Trinajstić information content (AvgIpc) is 3.26. The van der Waals surface area contributed by atoms with Gasteiger partial charge in [-0.15, -0.1) is 23.1 Å². The molecule has 0 bridgehead atoms. The Labute approximate surface area is 212 Å². The van der Waals surface area contributed by atoms with Crippen LogP contribution in [0.4, 0.5) is 19.0 Å². The van der Waals surface area contributed by atoms with Crippen LogP contribution < -0.4 is 10.6 Å². The van der Waals surface area contributed by atoms with Crippen LogP contribution in [0.1, 0.15) is 18.5 Å². The number of halogens is 4. The zero-order chi connectivity index (χ0) is 25.1. The molecule has 0 aliphatic carbocycles. The van der Waals surface area contributed by atoms with Crippen LogP contribution in [-0.2, 0) is 11.0 Å². The van der Waals surface area contributed by atoms with Gasteiger partial charge in [-0.2, -0.15) is 18.2 Å². The number of rotatable bonds is 3. The molecule has 1 amide bonds. The number of thioether (sulfide) groups is 1. The highest BCUT2D eigenvalue weighted by Crippen LogP contribution is 2.51. The van der Waals surface area contributed by atoms with Crippen LogP contribution in [-0.4, -0.2) is 52.3 Å². The number of carbonyl (C=O) groups excluding carboxylic acids is 1. The number of aromatic nitrogens is 2. The van der Waals surface area contributed by atoms with E-state index >= 15 is 0 Å². The summed E-state index contributed by atoms with van der Waals surface area (Å²) in [6.45, 7) is 6.74. The van der Waals surface area contributed by atoms with Crippen molar-refractivity contribution < 1.29 is 18.0 Å². The lowest BCUT2D eigenvalue weighted by Crippen LogP contribution is -2.49. The molecule has 1 unspecified atom stereocenters. The summed E-state index contributed by atoms with van der Waals surface area (Å²) in [7, 11) is 0. The molecule has 2 aliphatic heterocycles. The Morgan fingerprint density at radius 2 is 1.97 bits per heavy atom. The quantitative estimate of drug-likeness (QED) is 0.422. The topological polar surface area (TPSA) is 58.4 Å². The van der Waals surface area contributed by atoms with Gasteiger partial charge in [-0.05, 0) is 25.1 Å². The second-order valence-electron chi connectivity index (χ2n) is 8.42. The Bertz CT molecular complexity index is 1410. The molecule has 2 aliphatic rings. The van der Waals surface area contributed by atoms with E-state index in [1.807, 2.05) is 6.92 Å². The smallest absolute Gasteiger partial charge is 0.352 e. The van der Waals surface area contributed by atoms with E-state index < -0.39 is 17.4 Å². The van der Waals surface area contributed by atoms with Gasteiger partial charge in [0.25, 0.3) is 0 Å². The zero-order valence-electron chi connectivity index (χ0n) is 18.6. The van der Waals surface area contributed by atoms with Crippen molar-refractivity contribution in [3.8, 4) is 10.4 Å². The minimum atomic E-state index is -4.63. The molecule has 1 saturated heterocycles. The first-order valence-corrected chi connectivity index (χ1v) is 13.1. The monoisotopic (exact) mass is 540 g/mol. The summed E-state index contributed by atoms with van der Waals surface area (Å²) in [5, 5.41) is 2.24. The Kier molecular flexibility index (Phi) is 6.13. The fraction of sp³-hybridized carbons (Fsp3) is 0.348. The van der Waals surface area contributed by atoms with Crippen molar-refractivity contribution in [3.05, 3.63) is 51.2 Å². The van der Waals surface area contributed by atoms with E-state index in [4.69, 9.17) is 11.6 Å². The Morgan fingerprint density at radius 3 is 2.57 bits per heavy atom. The van der Waals surface area contributed by atoms with Crippen LogP contribution >= 0.6 is 34.7 Å². The lowest BCUT2D eigenvalue weighted by Gasteiger charge is -2.36. The second kappa shape index (κ2) is 8.86. The largest absolute Gasteiger partial charge is 0.417 e. The van der Waals surface area contributed by atoms with Gasteiger partial charge in [0.1, 0.15) is 5.82 Å². The lowest BCUT2D eigenvalue weighted by atomic mass is 10.0. The van der Waals surface area contributed by atoms with Crippen molar-refractivity contribution in [2.75, 3.05) is 36.8 Å². The van der Waals surface area contributed by atoms with Gasteiger partial charge >= 0.3 is 11.9 Å². The number of piperazine rings is 1. The molecule has 0 spiro atoms. The SMILES string of the molecule is C=CC(=O)N1CCN(c2nc(=O)n3c4c(c(-c5cc(Cl)cs5)c(C(F)(F)F)cc24)SCC3C)CC1. The molecular formula is C23H20ClF3N4O2S2. The number of carbonyl (C=O) groups is 1. The Hall–Kier alpha value is -2.50. The molecule has 184 valence electrons. The maximum Gasteiger partial charge on any atom is 0.417 e. The van der Waals surface area contributed by atoms with Crippen molar-refractivity contribution in [2.24, 2.45) is 0 Å². The maximum atomic E-state index is 14.4. The summed E-state index contributed by atoms with van der Waals surface area (Å²) in [6, 6.07) is 2.40. The summed E-state index contributed by atoms with van der Waals surface area (Å²) in [5.41, 5.74) is -0.776. The summed E-state index contributed by atoms with van der Waals surface area (Å²) in [4.78, 5) is 33.6. The highest BCUT2D eigenvalue weighted by atomic mass is 35.5. The van der Waals surface area contributed by atoms with Crippen molar-refractivity contribution in [3.63, 3.8) is 0 Å². The average molecular weight is 541 g/mol. The first-order valence-electron chi connectivity index (χ1n) is 10.8. The number of nitrogens with zero attached hydrogens (tertiary/aromatic N) is 4. The molecule has 6 nitrogen and oxygen atoms in total. The summed E-state index contributed by atoms with van der Waals surface area (Å²) < 4.78 is 44.8. The van der Waals surface area contributed by atoms with E-state index in [-0.39, 0.29) is 28.7 Å². The van der Waals surface area contributed by atoms with Gasteiger partial charge in [-0.25, -0.2) is 4.79 Å². The van der Waals surface area contributed by atoms with Crippen LogP contribution in [0.5, 0.6) is 0 Å². The van der Waals surface area contributed by atoms with Gasteiger partial charge in [0, 0.05) is 64.1 Å². The second-order valence-corrected chi connectivity index (χ2v) is 10.8. The molecule has 0 saturated carbocycles. The predicted molar refractivity (Wildman–Crippen MR) is 134 cm³/mol. The highest BCUT2D eigenvalue weighted by Gasteiger charge is 2.39. The van der Waals surface area contributed by atoms with Crippen LogP contribution in [0.15, 0.2) is 39.9 Å². The zero-order valence-corrected chi connectivity index (χ0v) is 21.0. The molecule has 0 radical (unpaired) electrons. The van der Waals surface area contributed by atoms with E-state index in [1.54, 1.807) is 15.2 Å². The number of amides is 1. The van der Waals surface area contributed by atoms with E-state index in [9.17, 15) is 22.8 Å². The normalized spacial score (nSPS) is 18.3. The number of hydrogen-bond acceptors (Lipinski definition) is 6. The van der Waals surface area contributed by atoms with E-state index in [0.717, 1.165) is 17.4 Å². The third-order valence-electron chi connectivity index (χ3n) is 6.24. The number of alkyl halides is 3. The first kappa shape index (κ1) is 24.2.